The second-order valence-electron chi connectivity index (χ2n) is 4.82. The van der Waals surface area contributed by atoms with E-state index >= 15 is 0 Å². The molecule has 1 aliphatic rings. The monoisotopic (exact) mass is 278 g/mol. The number of amides is 1. The van der Waals surface area contributed by atoms with Gasteiger partial charge in [0.15, 0.2) is 0 Å². The van der Waals surface area contributed by atoms with E-state index in [9.17, 15) is 9.59 Å². The van der Waals surface area contributed by atoms with E-state index in [2.05, 4.69) is 5.32 Å². The second kappa shape index (κ2) is 6.38. The molecular weight excluding hydrogens is 260 g/mol. The summed E-state index contributed by atoms with van der Waals surface area (Å²) in [6.45, 7) is 1.52. The van der Waals surface area contributed by atoms with Crippen molar-refractivity contribution in [1.29, 1.82) is 0 Å². The molecule has 6 nitrogen and oxygen atoms in total. The zero-order chi connectivity index (χ0) is 14.5. The third-order valence-corrected chi connectivity index (χ3v) is 3.34. The lowest BCUT2D eigenvalue weighted by Crippen LogP contribution is -2.53. The first-order valence-corrected chi connectivity index (χ1v) is 6.44. The van der Waals surface area contributed by atoms with Crippen LogP contribution in [0.5, 0.6) is 5.75 Å². The average Bonchev–Trinajstić information content (AvgIpc) is 2.39. The highest BCUT2D eigenvalue weighted by molar-refractivity contribution is 5.79. The summed E-state index contributed by atoms with van der Waals surface area (Å²) in [5.74, 6) is -0.505. The molecule has 108 valence electrons. The lowest BCUT2D eigenvalue weighted by molar-refractivity contribution is -0.148. The summed E-state index contributed by atoms with van der Waals surface area (Å²) in [6.07, 6.45) is 0. The van der Waals surface area contributed by atoms with Gasteiger partial charge in [0.25, 0.3) is 0 Å². The van der Waals surface area contributed by atoms with Crippen LogP contribution in [0.25, 0.3) is 0 Å². The van der Waals surface area contributed by atoms with Crippen molar-refractivity contribution >= 4 is 11.9 Å². The molecule has 0 bridgehead atoms. The van der Waals surface area contributed by atoms with E-state index in [1.54, 1.807) is 7.11 Å². The number of rotatable bonds is 6. The highest BCUT2D eigenvalue weighted by atomic mass is 16.5. The molecule has 0 aromatic heterocycles. The Morgan fingerprint density at radius 3 is 2.75 bits per heavy atom. The van der Waals surface area contributed by atoms with Gasteiger partial charge >= 0.3 is 5.97 Å². The van der Waals surface area contributed by atoms with Crippen LogP contribution in [0.4, 0.5) is 0 Å². The van der Waals surface area contributed by atoms with Gasteiger partial charge in [0, 0.05) is 25.2 Å². The molecule has 1 saturated heterocycles. The number of nitrogens with one attached hydrogen (secondary N) is 1. The van der Waals surface area contributed by atoms with Crippen LogP contribution in [-0.2, 0) is 16.1 Å². The Hall–Kier alpha value is -2.08. The van der Waals surface area contributed by atoms with Crippen LogP contribution in [0.2, 0.25) is 0 Å². The number of carboxylic acid groups (broad SMARTS) is 1. The lowest BCUT2D eigenvalue weighted by atomic mass is 10.0. The van der Waals surface area contributed by atoms with E-state index in [0.717, 1.165) is 11.3 Å². The number of hydrogen-bond acceptors (Lipinski definition) is 4. The molecule has 1 fully saturated rings. The molecule has 0 atom stereocenters. The number of carbonyl (C=O) groups is 2. The minimum atomic E-state index is -0.796. The minimum Gasteiger partial charge on any atom is -0.496 e. The number of ether oxygens (including phenoxy) is 1. The van der Waals surface area contributed by atoms with Crippen LogP contribution in [0.3, 0.4) is 0 Å². The average molecular weight is 278 g/mol. The molecule has 0 radical (unpaired) electrons. The molecule has 20 heavy (non-hydrogen) atoms. The molecule has 0 aliphatic carbocycles. The van der Waals surface area contributed by atoms with Gasteiger partial charge in [-0.25, -0.2) is 0 Å². The Morgan fingerprint density at radius 2 is 2.10 bits per heavy atom. The zero-order valence-electron chi connectivity index (χ0n) is 11.3. The van der Waals surface area contributed by atoms with E-state index in [1.165, 1.54) is 0 Å². The number of likely N-dealkylation sites (tertiary alicyclic amines) is 1. The van der Waals surface area contributed by atoms with Gasteiger partial charge in [-0.3, -0.25) is 14.5 Å². The van der Waals surface area contributed by atoms with Crippen molar-refractivity contribution in [1.82, 2.24) is 10.2 Å². The maximum Gasteiger partial charge on any atom is 0.309 e. The predicted octanol–water partition coefficient (Wildman–Crippen LogP) is 0.328. The van der Waals surface area contributed by atoms with E-state index in [-0.39, 0.29) is 18.4 Å². The largest absolute Gasteiger partial charge is 0.496 e. The van der Waals surface area contributed by atoms with Crippen molar-refractivity contribution in [2.45, 2.75) is 6.54 Å². The van der Waals surface area contributed by atoms with Gasteiger partial charge in [-0.05, 0) is 6.07 Å². The highest BCUT2D eigenvalue weighted by Gasteiger charge is 2.33. The van der Waals surface area contributed by atoms with Crippen molar-refractivity contribution in [3.05, 3.63) is 29.8 Å². The number of aliphatic carboxylic acids is 1. The van der Waals surface area contributed by atoms with E-state index < -0.39 is 5.97 Å². The number of carbonyl (C=O) groups excluding carboxylic acids is 1. The minimum absolute atomic E-state index is 0.111. The second-order valence-corrected chi connectivity index (χ2v) is 4.82. The Balaban J connectivity index is 1.74. The first kappa shape index (κ1) is 14.3. The van der Waals surface area contributed by atoms with Gasteiger partial charge in [-0.15, -0.1) is 0 Å². The fraction of sp³-hybridized carbons (Fsp3) is 0.429. The van der Waals surface area contributed by atoms with Crippen LogP contribution < -0.4 is 10.1 Å². The molecule has 2 rings (SSSR count). The van der Waals surface area contributed by atoms with Gasteiger partial charge in [-0.1, -0.05) is 18.2 Å². The Kier molecular flexibility index (Phi) is 4.57. The Labute approximate surface area is 117 Å². The summed E-state index contributed by atoms with van der Waals surface area (Å²) in [4.78, 5) is 24.2. The first-order chi connectivity index (χ1) is 9.60. The highest BCUT2D eigenvalue weighted by Crippen LogP contribution is 2.17. The maximum absolute atomic E-state index is 11.8. The summed E-state index contributed by atoms with van der Waals surface area (Å²) in [6, 6.07) is 7.49. The van der Waals surface area contributed by atoms with Crippen LogP contribution in [0.1, 0.15) is 5.56 Å². The number of para-hydroxylation sites is 1. The van der Waals surface area contributed by atoms with E-state index in [0.29, 0.717) is 19.6 Å². The molecule has 1 heterocycles. The van der Waals surface area contributed by atoms with Crippen molar-refractivity contribution in [3.8, 4) is 5.75 Å². The first-order valence-electron chi connectivity index (χ1n) is 6.44. The summed E-state index contributed by atoms with van der Waals surface area (Å²) in [7, 11) is 1.59. The van der Waals surface area contributed by atoms with E-state index in [1.807, 2.05) is 29.2 Å². The van der Waals surface area contributed by atoms with Crippen molar-refractivity contribution < 1.29 is 19.4 Å². The van der Waals surface area contributed by atoms with Crippen LogP contribution in [-0.4, -0.2) is 48.6 Å². The summed E-state index contributed by atoms with van der Waals surface area (Å²) < 4.78 is 5.20. The molecule has 0 spiro atoms. The molecule has 1 aromatic carbocycles. The Morgan fingerprint density at radius 1 is 1.40 bits per heavy atom. The number of nitrogens with zero attached hydrogens (tertiary/aromatic N) is 1. The van der Waals surface area contributed by atoms with Gasteiger partial charge in [0.2, 0.25) is 5.91 Å². The number of methoxy groups -OCH3 is 1. The molecule has 1 aromatic rings. The third kappa shape index (κ3) is 3.48. The number of benzene rings is 1. The fourth-order valence-electron chi connectivity index (χ4n) is 2.16. The van der Waals surface area contributed by atoms with Crippen LogP contribution in [0, 0.1) is 5.92 Å². The molecule has 1 aliphatic heterocycles. The molecule has 6 heteroatoms. The van der Waals surface area contributed by atoms with Crippen molar-refractivity contribution in [2.75, 3.05) is 26.7 Å². The molecule has 0 unspecified atom stereocenters. The quantitative estimate of drug-likeness (QED) is 0.784. The van der Waals surface area contributed by atoms with Gasteiger partial charge < -0.3 is 15.2 Å². The Bertz CT molecular complexity index is 498. The van der Waals surface area contributed by atoms with Crippen molar-refractivity contribution in [3.63, 3.8) is 0 Å². The van der Waals surface area contributed by atoms with Gasteiger partial charge in [0.05, 0.1) is 19.6 Å². The molecule has 1 amide bonds. The summed E-state index contributed by atoms with van der Waals surface area (Å²) >= 11 is 0. The molecule has 0 saturated carbocycles. The third-order valence-electron chi connectivity index (χ3n) is 3.34. The lowest BCUT2D eigenvalue weighted by Gasteiger charge is -2.35. The van der Waals surface area contributed by atoms with Crippen LogP contribution in [0.15, 0.2) is 24.3 Å². The van der Waals surface area contributed by atoms with Gasteiger partial charge in [-0.2, -0.15) is 0 Å². The predicted molar refractivity (Wildman–Crippen MR) is 72.4 cm³/mol. The SMILES string of the molecule is COc1ccccc1CNC(=O)CN1CC(C(=O)O)C1. The van der Waals surface area contributed by atoms with Crippen LogP contribution >= 0.6 is 0 Å². The molecular formula is C14H18N2O4. The van der Waals surface area contributed by atoms with Crippen molar-refractivity contribution in [2.24, 2.45) is 5.92 Å². The molecule has 2 N–H and O–H groups in total. The number of hydrogen-bond donors (Lipinski definition) is 2. The van der Waals surface area contributed by atoms with E-state index in [4.69, 9.17) is 9.84 Å². The number of carboxylic acids is 1. The normalized spacial score (nSPS) is 15.4. The zero-order valence-corrected chi connectivity index (χ0v) is 11.3. The fourth-order valence-corrected chi connectivity index (χ4v) is 2.16. The standard InChI is InChI=1S/C14H18N2O4/c1-20-12-5-3-2-4-10(12)6-15-13(17)9-16-7-11(8-16)14(18)19/h2-5,11H,6-9H2,1H3,(H,15,17)(H,18,19). The summed E-state index contributed by atoms with van der Waals surface area (Å²) in [5.41, 5.74) is 0.912. The topological polar surface area (TPSA) is 78.9 Å². The smallest absolute Gasteiger partial charge is 0.309 e. The summed E-state index contributed by atoms with van der Waals surface area (Å²) in [5, 5.41) is 11.6. The maximum atomic E-state index is 11.8. The van der Waals surface area contributed by atoms with Gasteiger partial charge in [0.1, 0.15) is 5.75 Å².